The van der Waals surface area contributed by atoms with Gasteiger partial charge in [-0.05, 0) is 44.9 Å². The summed E-state index contributed by atoms with van der Waals surface area (Å²) in [6.07, 6.45) is 3.37. The van der Waals surface area contributed by atoms with Crippen molar-refractivity contribution in [2.75, 3.05) is 23.7 Å². The van der Waals surface area contributed by atoms with Gasteiger partial charge < -0.3 is 16.0 Å². The fourth-order valence-corrected chi connectivity index (χ4v) is 2.35. The second-order valence-electron chi connectivity index (χ2n) is 5.44. The number of unbranched alkanes of at least 4 members (excludes halogenated alkanes) is 1. The first-order chi connectivity index (χ1) is 10.0. The Kier molecular flexibility index (Phi) is 7.06. The van der Waals surface area contributed by atoms with E-state index in [0.717, 1.165) is 31.5 Å². The fraction of sp³-hybridized carbons (Fsp3) is 0.588. The molecule has 0 bridgehead atoms. The fourth-order valence-electron chi connectivity index (χ4n) is 2.35. The van der Waals surface area contributed by atoms with Crippen LogP contribution in [-0.2, 0) is 0 Å². The number of nitrogen functional groups attached to an aromatic ring is 1. The summed E-state index contributed by atoms with van der Waals surface area (Å²) in [6.45, 7) is 10.1. The highest BCUT2D eigenvalue weighted by Crippen LogP contribution is 2.27. The zero-order valence-electron chi connectivity index (χ0n) is 13.8. The molecule has 4 heteroatoms. The largest absolute Gasteiger partial charge is 0.397 e. The van der Waals surface area contributed by atoms with E-state index in [2.05, 4.69) is 31.0 Å². The van der Waals surface area contributed by atoms with Crippen molar-refractivity contribution >= 4 is 17.3 Å². The SMILES string of the molecule is CCCCN(c1ccc(C(=O)NCC)cc1N)C(C)CC. The predicted octanol–water partition coefficient (Wildman–Crippen LogP) is 3.42. The molecule has 1 aromatic rings. The summed E-state index contributed by atoms with van der Waals surface area (Å²) >= 11 is 0. The number of amides is 1. The first kappa shape index (κ1) is 17.3. The molecular formula is C17H29N3O. The molecule has 0 aromatic heterocycles. The topological polar surface area (TPSA) is 58.4 Å². The molecule has 1 unspecified atom stereocenters. The summed E-state index contributed by atoms with van der Waals surface area (Å²) in [6, 6.07) is 6.05. The monoisotopic (exact) mass is 291 g/mol. The van der Waals surface area contributed by atoms with Crippen molar-refractivity contribution in [1.82, 2.24) is 5.32 Å². The van der Waals surface area contributed by atoms with Gasteiger partial charge in [-0.3, -0.25) is 4.79 Å². The third-order valence-electron chi connectivity index (χ3n) is 3.81. The van der Waals surface area contributed by atoms with E-state index in [4.69, 9.17) is 5.73 Å². The van der Waals surface area contributed by atoms with Gasteiger partial charge in [0.2, 0.25) is 0 Å². The van der Waals surface area contributed by atoms with Gasteiger partial charge in [-0.2, -0.15) is 0 Å². The molecule has 0 aliphatic carbocycles. The number of hydrogen-bond acceptors (Lipinski definition) is 3. The maximum Gasteiger partial charge on any atom is 0.251 e. The maximum absolute atomic E-state index is 11.9. The number of hydrogen-bond donors (Lipinski definition) is 2. The zero-order chi connectivity index (χ0) is 15.8. The average Bonchev–Trinajstić information content (AvgIpc) is 2.48. The number of nitrogens with two attached hydrogens (primary N) is 1. The van der Waals surface area contributed by atoms with Crippen LogP contribution in [0.3, 0.4) is 0 Å². The van der Waals surface area contributed by atoms with Gasteiger partial charge in [-0.15, -0.1) is 0 Å². The van der Waals surface area contributed by atoms with Crippen LogP contribution < -0.4 is 16.0 Å². The molecule has 1 amide bonds. The molecule has 0 radical (unpaired) electrons. The number of rotatable bonds is 8. The van der Waals surface area contributed by atoms with E-state index in [1.54, 1.807) is 6.07 Å². The van der Waals surface area contributed by atoms with Gasteiger partial charge in [-0.25, -0.2) is 0 Å². The minimum absolute atomic E-state index is 0.0700. The van der Waals surface area contributed by atoms with Crippen LogP contribution in [0.4, 0.5) is 11.4 Å². The van der Waals surface area contributed by atoms with Crippen molar-refractivity contribution in [3.8, 4) is 0 Å². The lowest BCUT2D eigenvalue weighted by Gasteiger charge is -2.32. The van der Waals surface area contributed by atoms with E-state index >= 15 is 0 Å². The van der Waals surface area contributed by atoms with E-state index in [-0.39, 0.29) is 5.91 Å². The van der Waals surface area contributed by atoms with E-state index in [9.17, 15) is 4.79 Å². The highest BCUT2D eigenvalue weighted by molar-refractivity contribution is 5.96. The zero-order valence-corrected chi connectivity index (χ0v) is 13.8. The van der Waals surface area contributed by atoms with Crippen LogP contribution in [0.5, 0.6) is 0 Å². The molecule has 3 N–H and O–H groups in total. The molecule has 0 heterocycles. The lowest BCUT2D eigenvalue weighted by Crippen LogP contribution is -2.34. The van der Waals surface area contributed by atoms with Crippen LogP contribution in [0, 0.1) is 0 Å². The lowest BCUT2D eigenvalue weighted by atomic mass is 10.1. The van der Waals surface area contributed by atoms with Gasteiger partial charge in [0.25, 0.3) is 5.91 Å². The van der Waals surface area contributed by atoms with Gasteiger partial charge in [0.1, 0.15) is 0 Å². The minimum Gasteiger partial charge on any atom is -0.397 e. The van der Waals surface area contributed by atoms with Crippen LogP contribution in [0.15, 0.2) is 18.2 Å². The highest BCUT2D eigenvalue weighted by atomic mass is 16.1. The van der Waals surface area contributed by atoms with Gasteiger partial charge in [-0.1, -0.05) is 20.3 Å². The molecule has 1 aromatic carbocycles. The molecule has 0 spiro atoms. The number of anilines is 2. The van der Waals surface area contributed by atoms with Crippen molar-refractivity contribution in [2.45, 2.75) is 53.0 Å². The highest BCUT2D eigenvalue weighted by Gasteiger charge is 2.16. The molecule has 0 saturated carbocycles. The Hall–Kier alpha value is -1.71. The second kappa shape index (κ2) is 8.55. The molecule has 118 valence electrons. The second-order valence-corrected chi connectivity index (χ2v) is 5.44. The lowest BCUT2D eigenvalue weighted by molar-refractivity contribution is 0.0956. The number of carbonyl (C=O) groups is 1. The summed E-state index contributed by atoms with van der Waals surface area (Å²) in [5.74, 6) is -0.0700. The number of nitrogens with zero attached hydrogens (tertiary/aromatic N) is 1. The van der Waals surface area contributed by atoms with Crippen LogP contribution in [0.1, 0.15) is 57.3 Å². The summed E-state index contributed by atoms with van der Waals surface area (Å²) < 4.78 is 0. The minimum atomic E-state index is -0.0700. The number of carbonyl (C=O) groups excluding carboxylic acids is 1. The Labute approximate surface area is 128 Å². The van der Waals surface area contributed by atoms with Crippen LogP contribution >= 0.6 is 0 Å². The normalized spacial score (nSPS) is 12.0. The number of benzene rings is 1. The molecule has 0 saturated heterocycles. The van der Waals surface area contributed by atoms with E-state index in [1.807, 2.05) is 19.1 Å². The van der Waals surface area contributed by atoms with E-state index < -0.39 is 0 Å². The van der Waals surface area contributed by atoms with Crippen molar-refractivity contribution in [1.29, 1.82) is 0 Å². The van der Waals surface area contributed by atoms with Gasteiger partial charge in [0, 0.05) is 24.7 Å². The standard InChI is InChI=1S/C17H29N3O/c1-5-8-11-20(13(4)6-2)16-10-9-14(12-15(16)18)17(21)19-7-3/h9-10,12-13H,5-8,11,18H2,1-4H3,(H,19,21). The summed E-state index contributed by atoms with van der Waals surface area (Å²) in [7, 11) is 0. The van der Waals surface area contributed by atoms with Gasteiger partial charge in [0.15, 0.2) is 0 Å². The predicted molar refractivity (Wildman–Crippen MR) is 90.9 cm³/mol. The van der Waals surface area contributed by atoms with Gasteiger partial charge >= 0.3 is 0 Å². The first-order valence-corrected chi connectivity index (χ1v) is 7.99. The summed E-state index contributed by atoms with van der Waals surface area (Å²) in [4.78, 5) is 14.2. The molecule has 0 aliphatic heterocycles. The van der Waals surface area contributed by atoms with E-state index in [1.165, 1.54) is 0 Å². The smallest absolute Gasteiger partial charge is 0.251 e. The summed E-state index contributed by atoms with van der Waals surface area (Å²) in [5, 5.41) is 2.80. The molecule has 0 aliphatic rings. The third-order valence-corrected chi connectivity index (χ3v) is 3.81. The number of nitrogens with one attached hydrogen (secondary N) is 1. The molecule has 4 nitrogen and oxygen atoms in total. The average molecular weight is 291 g/mol. The Morgan fingerprint density at radius 1 is 1.33 bits per heavy atom. The molecule has 0 fully saturated rings. The Morgan fingerprint density at radius 2 is 2.05 bits per heavy atom. The van der Waals surface area contributed by atoms with Crippen molar-refractivity contribution in [2.24, 2.45) is 0 Å². The van der Waals surface area contributed by atoms with Crippen molar-refractivity contribution in [3.05, 3.63) is 23.8 Å². The van der Waals surface area contributed by atoms with Crippen molar-refractivity contribution < 1.29 is 4.79 Å². The molecule has 1 rings (SSSR count). The summed E-state index contributed by atoms with van der Waals surface area (Å²) in [5.41, 5.74) is 8.53. The van der Waals surface area contributed by atoms with Crippen LogP contribution in [-0.4, -0.2) is 25.0 Å². The maximum atomic E-state index is 11.9. The van der Waals surface area contributed by atoms with E-state index in [0.29, 0.717) is 23.8 Å². The van der Waals surface area contributed by atoms with Crippen molar-refractivity contribution in [3.63, 3.8) is 0 Å². The third kappa shape index (κ3) is 4.66. The molecular weight excluding hydrogens is 262 g/mol. The Bertz CT molecular complexity index is 459. The quantitative estimate of drug-likeness (QED) is 0.721. The Balaban J connectivity index is 3.01. The first-order valence-electron chi connectivity index (χ1n) is 7.99. The van der Waals surface area contributed by atoms with Crippen LogP contribution in [0.25, 0.3) is 0 Å². The Morgan fingerprint density at radius 3 is 2.57 bits per heavy atom. The van der Waals surface area contributed by atoms with Gasteiger partial charge in [0.05, 0.1) is 11.4 Å². The van der Waals surface area contributed by atoms with Crippen LogP contribution in [0.2, 0.25) is 0 Å². The molecule has 21 heavy (non-hydrogen) atoms. The molecule has 1 atom stereocenters.